The Labute approximate surface area is 131 Å². The van der Waals surface area contributed by atoms with Crippen molar-refractivity contribution in [3.63, 3.8) is 0 Å². The summed E-state index contributed by atoms with van der Waals surface area (Å²) in [5, 5.41) is 0.543. The van der Waals surface area contributed by atoms with Crippen molar-refractivity contribution in [1.82, 2.24) is 5.06 Å². The lowest BCUT2D eigenvalue weighted by Gasteiger charge is -2.33. The Morgan fingerprint density at radius 2 is 1.50 bits per heavy atom. The second-order valence-electron chi connectivity index (χ2n) is 7.42. The van der Waals surface area contributed by atoms with Crippen LogP contribution in [0, 0.1) is 16.7 Å². The van der Waals surface area contributed by atoms with Gasteiger partial charge in [-0.25, -0.2) is 4.79 Å². The molecule has 1 heterocycles. The van der Waals surface area contributed by atoms with Crippen molar-refractivity contribution >= 4 is 23.6 Å². The van der Waals surface area contributed by atoms with Crippen molar-refractivity contribution in [2.45, 2.75) is 60.8 Å². The highest BCUT2D eigenvalue weighted by atomic mass is 16.7. The molecule has 0 aromatic carbocycles. The van der Waals surface area contributed by atoms with Gasteiger partial charge in [0.25, 0.3) is 11.8 Å². The number of ketones is 1. The van der Waals surface area contributed by atoms with E-state index >= 15 is 0 Å². The van der Waals surface area contributed by atoms with E-state index < -0.39 is 28.6 Å². The number of carbonyl (C=O) groups is 4. The summed E-state index contributed by atoms with van der Waals surface area (Å²) in [5.41, 5.74) is -1.69. The lowest BCUT2D eigenvalue weighted by molar-refractivity contribution is -0.205. The molecule has 6 heteroatoms. The summed E-state index contributed by atoms with van der Waals surface area (Å²) in [7, 11) is 0. The highest BCUT2D eigenvalue weighted by molar-refractivity contribution is 6.01. The van der Waals surface area contributed by atoms with E-state index in [4.69, 9.17) is 4.84 Å². The van der Waals surface area contributed by atoms with Crippen molar-refractivity contribution in [2.24, 2.45) is 16.7 Å². The normalized spacial score (nSPS) is 16.4. The number of nitrogens with zero attached hydrogens (tertiary/aromatic N) is 1. The fourth-order valence-corrected chi connectivity index (χ4v) is 2.91. The van der Waals surface area contributed by atoms with Crippen molar-refractivity contribution in [3.05, 3.63) is 0 Å². The minimum Gasteiger partial charge on any atom is -0.330 e. The van der Waals surface area contributed by atoms with Crippen LogP contribution in [0.1, 0.15) is 60.8 Å². The second-order valence-corrected chi connectivity index (χ2v) is 7.42. The number of carbonyl (C=O) groups excluding carboxylic acids is 4. The Bertz CT molecular complexity index is 489. The highest BCUT2D eigenvalue weighted by Gasteiger charge is 2.43. The van der Waals surface area contributed by atoms with Gasteiger partial charge in [0.15, 0.2) is 0 Å². The zero-order valence-electron chi connectivity index (χ0n) is 14.2. The number of Topliss-reactive ketones (excluding diaryl/α,β-unsaturated/α-hetero) is 1. The minimum atomic E-state index is -0.989. The molecule has 0 aliphatic carbocycles. The molecule has 0 saturated carbocycles. The van der Waals surface area contributed by atoms with Crippen LogP contribution in [0.25, 0.3) is 0 Å². The molecule has 124 valence electrons. The molecule has 1 fully saturated rings. The van der Waals surface area contributed by atoms with Crippen LogP contribution < -0.4 is 0 Å². The summed E-state index contributed by atoms with van der Waals surface area (Å²) in [4.78, 5) is 52.5. The number of imide groups is 1. The average Bonchev–Trinajstić information content (AvgIpc) is 2.68. The molecule has 6 nitrogen and oxygen atoms in total. The Morgan fingerprint density at radius 1 is 1.05 bits per heavy atom. The van der Waals surface area contributed by atoms with Gasteiger partial charge in [-0.05, 0) is 20.3 Å². The lowest BCUT2D eigenvalue weighted by Crippen LogP contribution is -2.41. The summed E-state index contributed by atoms with van der Waals surface area (Å²) >= 11 is 0. The van der Waals surface area contributed by atoms with Crippen LogP contribution in [-0.2, 0) is 24.0 Å². The standard InChI is InChI=1S/C16H25NO5/c1-10(2)13(20)15(3,4)9-16(5,6)14(21)22-17-11(18)7-8-12(17)19/h10H,7-9H2,1-6H3. The predicted octanol–water partition coefficient (Wildman–Crippen LogP) is 2.26. The molecule has 0 spiro atoms. The van der Waals surface area contributed by atoms with Crippen LogP contribution in [0.4, 0.5) is 0 Å². The van der Waals surface area contributed by atoms with Crippen LogP contribution in [0.5, 0.6) is 0 Å². The zero-order valence-corrected chi connectivity index (χ0v) is 14.2. The van der Waals surface area contributed by atoms with Crippen molar-refractivity contribution in [1.29, 1.82) is 0 Å². The van der Waals surface area contributed by atoms with E-state index in [0.717, 1.165) is 0 Å². The number of amides is 2. The lowest BCUT2D eigenvalue weighted by atomic mass is 9.70. The number of hydrogen-bond donors (Lipinski definition) is 0. The largest absolute Gasteiger partial charge is 0.338 e. The molecule has 1 saturated heterocycles. The number of rotatable bonds is 6. The molecule has 1 aliphatic rings. The molecular weight excluding hydrogens is 286 g/mol. The van der Waals surface area contributed by atoms with E-state index in [1.165, 1.54) is 0 Å². The van der Waals surface area contributed by atoms with Gasteiger partial charge in [0.05, 0.1) is 5.41 Å². The molecule has 0 aromatic rings. The molecule has 0 atom stereocenters. The highest BCUT2D eigenvalue weighted by Crippen LogP contribution is 2.37. The predicted molar refractivity (Wildman–Crippen MR) is 79.2 cm³/mol. The van der Waals surface area contributed by atoms with Crippen LogP contribution in [0.2, 0.25) is 0 Å². The van der Waals surface area contributed by atoms with Crippen molar-refractivity contribution in [3.8, 4) is 0 Å². The maximum Gasteiger partial charge on any atom is 0.338 e. The molecule has 1 aliphatic heterocycles. The molecule has 22 heavy (non-hydrogen) atoms. The molecular formula is C16H25NO5. The van der Waals surface area contributed by atoms with Crippen molar-refractivity contribution < 1.29 is 24.0 Å². The third-order valence-electron chi connectivity index (χ3n) is 3.81. The summed E-state index contributed by atoms with van der Waals surface area (Å²) in [6, 6.07) is 0. The van der Waals surface area contributed by atoms with E-state index in [2.05, 4.69) is 0 Å². The SMILES string of the molecule is CC(C)C(=O)C(C)(C)CC(C)(C)C(=O)ON1C(=O)CCC1=O. The molecule has 0 radical (unpaired) electrons. The van der Waals surface area contributed by atoms with Crippen LogP contribution in [0.15, 0.2) is 0 Å². The number of hydroxylamine groups is 2. The molecule has 0 aromatic heterocycles. The van der Waals surface area contributed by atoms with Gasteiger partial charge < -0.3 is 4.84 Å². The molecule has 0 N–H and O–H groups in total. The first-order valence-electron chi connectivity index (χ1n) is 7.51. The molecule has 0 unspecified atom stereocenters. The van der Waals surface area contributed by atoms with Crippen molar-refractivity contribution in [2.75, 3.05) is 0 Å². The topological polar surface area (TPSA) is 80.8 Å². The van der Waals surface area contributed by atoms with E-state index in [1.54, 1.807) is 27.7 Å². The van der Waals surface area contributed by atoms with Gasteiger partial charge in [-0.15, -0.1) is 5.06 Å². The molecule has 1 rings (SSSR count). The van der Waals surface area contributed by atoms with Crippen LogP contribution in [0.3, 0.4) is 0 Å². The maximum atomic E-state index is 12.3. The monoisotopic (exact) mass is 311 g/mol. The fourth-order valence-electron chi connectivity index (χ4n) is 2.91. The number of hydrogen-bond acceptors (Lipinski definition) is 5. The molecule has 0 bridgehead atoms. The zero-order chi connectivity index (χ0) is 17.3. The van der Waals surface area contributed by atoms with Gasteiger partial charge in [-0.2, -0.15) is 0 Å². The third-order valence-corrected chi connectivity index (χ3v) is 3.81. The Morgan fingerprint density at radius 3 is 1.91 bits per heavy atom. The van der Waals surface area contributed by atoms with E-state index in [9.17, 15) is 19.2 Å². The van der Waals surface area contributed by atoms with E-state index in [0.29, 0.717) is 5.06 Å². The summed E-state index contributed by atoms with van der Waals surface area (Å²) in [6.07, 6.45) is 0.389. The van der Waals surface area contributed by atoms with Gasteiger partial charge in [-0.3, -0.25) is 14.4 Å². The van der Waals surface area contributed by atoms with Gasteiger partial charge in [0.1, 0.15) is 5.78 Å². The minimum absolute atomic E-state index is 0.0571. The fraction of sp³-hybridized carbons (Fsp3) is 0.750. The Kier molecular flexibility index (Phi) is 5.15. The van der Waals surface area contributed by atoms with Gasteiger partial charge in [0, 0.05) is 24.2 Å². The van der Waals surface area contributed by atoms with E-state index in [1.807, 2.05) is 13.8 Å². The Hall–Kier alpha value is -1.72. The smallest absolute Gasteiger partial charge is 0.330 e. The second kappa shape index (κ2) is 6.18. The first-order chi connectivity index (χ1) is 9.88. The maximum absolute atomic E-state index is 12.3. The van der Waals surface area contributed by atoms with Crippen LogP contribution in [-0.4, -0.2) is 28.6 Å². The Balaban J connectivity index is 2.81. The first kappa shape index (κ1) is 18.3. The van der Waals surface area contributed by atoms with E-state index in [-0.39, 0.29) is 31.0 Å². The summed E-state index contributed by atoms with van der Waals surface area (Å²) in [5.74, 6) is -1.77. The summed E-state index contributed by atoms with van der Waals surface area (Å²) in [6.45, 7) is 10.5. The quantitative estimate of drug-likeness (QED) is 0.703. The van der Waals surface area contributed by atoms with Gasteiger partial charge in [0.2, 0.25) is 0 Å². The summed E-state index contributed by atoms with van der Waals surface area (Å²) < 4.78 is 0. The first-order valence-corrected chi connectivity index (χ1v) is 7.51. The average molecular weight is 311 g/mol. The van der Waals surface area contributed by atoms with Crippen LogP contribution >= 0.6 is 0 Å². The van der Waals surface area contributed by atoms with Gasteiger partial charge >= 0.3 is 5.97 Å². The third kappa shape index (κ3) is 3.93. The molecule has 2 amide bonds. The van der Waals surface area contributed by atoms with Gasteiger partial charge in [-0.1, -0.05) is 27.7 Å².